The van der Waals surface area contributed by atoms with Crippen molar-refractivity contribution in [3.63, 3.8) is 0 Å². The van der Waals surface area contributed by atoms with Crippen LogP contribution in [0.4, 0.5) is 0 Å². The normalized spacial score (nSPS) is 13.4. The molecule has 0 fully saturated rings. The molecule has 0 bridgehead atoms. The molecule has 3 nitrogen and oxygen atoms in total. The number of rotatable bonds is 6. The van der Waals surface area contributed by atoms with Crippen molar-refractivity contribution in [2.45, 2.75) is 45.0 Å². The highest BCUT2D eigenvalue weighted by Crippen LogP contribution is 2.13. The molecule has 4 heteroatoms. The molecule has 0 radical (unpaired) electrons. The Balaban J connectivity index is 2.31. The molecule has 1 aromatic heterocycles. The van der Waals surface area contributed by atoms with E-state index in [1.54, 1.807) is 0 Å². The first kappa shape index (κ1) is 12.6. The van der Waals surface area contributed by atoms with Gasteiger partial charge in [-0.15, -0.1) is 0 Å². The lowest BCUT2D eigenvalue weighted by Crippen LogP contribution is -2.21. The van der Waals surface area contributed by atoms with Crippen molar-refractivity contribution in [2.24, 2.45) is 5.73 Å². The number of hydrogen-bond acceptors (Lipinski definition) is 3. The molecule has 2 N–H and O–H groups in total. The summed E-state index contributed by atoms with van der Waals surface area (Å²) in [6, 6.07) is 2.86. The smallest absolute Gasteiger partial charge is 0.0723 e. The Bertz CT molecular complexity index is 283. The minimum absolute atomic E-state index is 0.321. The summed E-state index contributed by atoms with van der Waals surface area (Å²) in [7, 11) is 0. The maximum absolute atomic E-state index is 5.84. The molecular formula is C11H21N3S. The maximum atomic E-state index is 5.84. The molecule has 0 amide bonds. The van der Waals surface area contributed by atoms with Crippen LogP contribution in [0.3, 0.4) is 0 Å². The third-order valence-corrected chi connectivity index (χ3v) is 3.46. The average Bonchev–Trinajstić information content (AvgIpc) is 2.66. The van der Waals surface area contributed by atoms with E-state index in [9.17, 15) is 0 Å². The van der Waals surface area contributed by atoms with Crippen LogP contribution in [0.15, 0.2) is 12.3 Å². The molecule has 0 aromatic carbocycles. The zero-order valence-electron chi connectivity index (χ0n) is 9.81. The summed E-state index contributed by atoms with van der Waals surface area (Å²) in [5.41, 5.74) is 6.99. The summed E-state index contributed by atoms with van der Waals surface area (Å²) in [6.07, 6.45) is 3.09. The zero-order valence-corrected chi connectivity index (χ0v) is 10.6. The molecule has 1 rings (SSSR count). The molecule has 0 aliphatic heterocycles. The van der Waals surface area contributed by atoms with E-state index in [1.165, 1.54) is 0 Å². The second-order valence-corrected chi connectivity index (χ2v) is 5.09. The van der Waals surface area contributed by atoms with Gasteiger partial charge in [0.25, 0.3) is 0 Å². The van der Waals surface area contributed by atoms with Crippen molar-refractivity contribution < 1.29 is 0 Å². The molecule has 0 aliphatic rings. The van der Waals surface area contributed by atoms with Crippen LogP contribution in [-0.4, -0.2) is 21.6 Å². The first-order chi connectivity index (χ1) is 7.13. The van der Waals surface area contributed by atoms with Gasteiger partial charge in [-0.2, -0.15) is 16.9 Å². The molecule has 1 heterocycles. The van der Waals surface area contributed by atoms with Crippen LogP contribution in [-0.2, 0) is 5.75 Å². The predicted molar refractivity (Wildman–Crippen MR) is 67.0 cm³/mol. The lowest BCUT2D eigenvalue weighted by Gasteiger charge is -2.07. The first-order valence-electron chi connectivity index (χ1n) is 5.50. The van der Waals surface area contributed by atoms with Gasteiger partial charge in [-0.05, 0) is 26.3 Å². The van der Waals surface area contributed by atoms with Gasteiger partial charge in [0.2, 0.25) is 0 Å². The van der Waals surface area contributed by atoms with Crippen molar-refractivity contribution in [2.75, 3.05) is 5.75 Å². The van der Waals surface area contributed by atoms with Crippen LogP contribution in [0, 0.1) is 0 Å². The Hall–Kier alpha value is -0.480. The van der Waals surface area contributed by atoms with E-state index < -0.39 is 0 Å². The Morgan fingerprint density at radius 3 is 2.80 bits per heavy atom. The van der Waals surface area contributed by atoms with E-state index in [2.05, 4.69) is 31.9 Å². The topological polar surface area (TPSA) is 43.8 Å². The summed E-state index contributed by atoms with van der Waals surface area (Å²) in [5.74, 6) is 1.98. The van der Waals surface area contributed by atoms with Crippen LogP contribution in [0.25, 0.3) is 0 Å². The van der Waals surface area contributed by atoms with Crippen molar-refractivity contribution in [3.05, 3.63) is 18.0 Å². The minimum atomic E-state index is 0.321. The third kappa shape index (κ3) is 4.26. The van der Waals surface area contributed by atoms with Crippen molar-refractivity contribution in [1.82, 2.24) is 9.78 Å². The van der Waals surface area contributed by atoms with Gasteiger partial charge in [-0.3, -0.25) is 4.68 Å². The Morgan fingerprint density at radius 1 is 1.53 bits per heavy atom. The summed E-state index contributed by atoms with van der Waals surface area (Å²) in [6.45, 7) is 6.40. The quantitative estimate of drug-likeness (QED) is 0.811. The summed E-state index contributed by atoms with van der Waals surface area (Å²) in [4.78, 5) is 0. The Labute approximate surface area is 96.4 Å². The van der Waals surface area contributed by atoms with Crippen LogP contribution in [0.2, 0.25) is 0 Å². The second-order valence-electron chi connectivity index (χ2n) is 4.06. The summed E-state index contributed by atoms with van der Waals surface area (Å²) >= 11 is 1.86. The van der Waals surface area contributed by atoms with Gasteiger partial charge >= 0.3 is 0 Å². The van der Waals surface area contributed by atoms with E-state index in [1.807, 2.05) is 22.6 Å². The molecule has 0 saturated carbocycles. The second kappa shape index (κ2) is 6.18. The number of nitrogens with two attached hydrogens (primary N) is 1. The van der Waals surface area contributed by atoms with Crippen LogP contribution in [0.1, 0.15) is 38.9 Å². The Morgan fingerprint density at radius 2 is 2.27 bits per heavy atom. The van der Waals surface area contributed by atoms with Gasteiger partial charge in [0.1, 0.15) is 0 Å². The van der Waals surface area contributed by atoms with Gasteiger partial charge in [0, 0.05) is 29.8 Å². The van der Waals surface area contributed by atoms with Crippen molar-refractivity contribution in [3.8, 4) is 0 Å². The van der Waals surface area contributed by atoms with Gasteiger partial charge in [0.05, 0.1) is 5.69 Å². The highest BCUT2D eigenvalue weighted by atomic mass is 32.2. The molecule has 86 valence electrons. The SMILES string of the molecule is CCC(N)CSCc1ccn(C(C)C)n1. The Kier molecular flexibility index (Phi) is 5.19. The number of aromatic nitrogens is 2. The third-order valence-electron chi connectivity index (χ3n) is 2.30. The molecule has 15 heavy (non-hydrogen) atoms. The number of nitrogens with zero attached hydrogens (tertiary/aromatic N) is 2. The highest BCUT2D eigenvalue weighted by Gasteiger charge is 2.03. The predicted octanol–water partition coefficient (Wildman–Crippen LogP) is 2.43. The van der Waals surface area contributed by atoms with Crippen LogP contribution >= 0.6 is 11.8 Å². The van der Waals surface area contributed by atoms with E-state index in [4.69, 9.17) is 5.73 Å². The van der Waals surface area contributed by atoms with E-state index in [-0.39, 0.29) is 0 Å². The van der Waals surface area contributed by atoms with Gasteiger partial charge in [-0.1, -0.05) is 6.92 Å². The van der Waals surface area contributed by atoms with E-state index >= 15 is 0 Å². The fraction of sp³-hybridized carbons (Fsp3) is 0.727. The molecule has 1 unspecified atom stereocenters. The number of thioether (sulfide) groups is 1. The lowest BCUT2D eigenvalue weighted by atomic mass is 10.3. The summed E-state index contributed by atoms with van der Waals surface area (Å²) < 4.78 is 2.00. The van der Waals surface area contributed by atoms with Gasteiger partial charge in [0.15, 0.2) is 0 Å². The van der Waals surface area contributed by atoms with Crippen molar-refractivity contribution in [1.29, 1.82) is 0 Å². The summed E-state index contributed by atoms with van der Waals surface area (Å²) in [5, 5.41) is 4.49. The van der Waals surface area contributed by atoms with Gasteiger partial charge in [-0.25, -0.2) is 0 Å². The van der Waals surface area contributed by atoms with E-state index in [0.29, 0.717) is 12.1 Å². The lowest BCUT2D eigenvalue weighted by molar-refractivity contribution is 0.528. The average molecular weight is 227 g/mol. The van der Waals surface area contributed by atoms with Crippen LogP contribution < -0.4 is 5.73 Å². The number of hydrogen-bond donors (Lipinski definition) is 1. The highest BCUT2D eigenvalue weighted by molar-refractivity contribution is 7.98. The monoisotopic (exact) mass is 227 g/mol. The van der Waals surface area contributed by atoms with Gasteiger partial charge < -0.3 is 5.73 Å². The first-order valence-corrected chi connectivity index (χ1v) is 6.66. The van der Waals surface area contributed by atoms with Crippen molar-refractivity contribution >= 4 is 11.8 Å². The fourth-order valence-electron chi connectivity index (χ4n) is 1.17. The van der Waals surface area contributed by atoms with E-state index in [0.717, 1.165) is 23.6 Å². The molecule has 1 aromatic rings. The molecule has 1 atom stereocenters. The largest absolute Gasteiger partial charge is 0.327 e. The molecular weight excluding hydrogens is 206 g/mol. The molecule has 0 aliphatic carbocycles. The molecule has 0 saturated heterocycles. The fourth-order valence-corrected chi connectivity index (χ4v) is 2.19. The maximum Gasteiger partial charge on any atom is 0.0723 e. The zero-order chi connectivity index (χ0) is 11.3. The minimum Gasteiger partial charge on any atom is -0.327 e. The molecule has 0 spiro atoms. The standard InChI is InChI=1S/C11H21N3S/c1-4-10(12)7-15-8-11-5-6-14(13-11)9(2)3/h5-6,9-10H,4,7-8,12H2,1-3H3. The van der Waals surface area contributed by atoms with Crippen LogP contribution in [0.5, 0.6) is 0 Å².